The zero-order chi connectivity index (χ0) is 12.4. The highest BCUT2D eigenvalue weighted by molar-refractivity contribution is 5.28. The molecule has 4 heteroatoms. The SMILES string of the molecule is CNC(c1cnn(-c2ccccc2)n1)C1CCC1. The van der Waals surface area contributed by atoms with Crippen LogP contribution in [0.25, 0.3) is 5.69 Å². The van der Waals surface area contributed by atoms with Crippen molar-refractivity contribution in [3.8, 4) is 5.69 Å². The van der Waals surface area contributed by atoms with Crippen molar-refractivity contribution in [2.45, 2.75) is 25.3 Å². The first-order chi connectivity index (χ1) is 8.88. The van der Waals surface area contributed by atoms with Gasteiger partial charge in [-0.1, -0.05) is 24.6 Å². The minimum absolute atomic E-state index is 0.344. The van der Waals surface area contributed by atoms with E-state index in [0.29, 0.717) is 6.04 Å². The van der Waals surface area contributed by atoms with E-state index in [-0.39, 0.29) is 0 Å². The molecule has 0 radical (unpaired) electrons. The Labute approximate surface area is 107 Å². The molecule has 0 spiro atoms. The summed E-state index contributed by atoms with van der Waals surface area (Å²) in [5.41, 5.74) is 2.05. The second kappa shape index (κ2) is 4.90. The molecule has 1 aromatic heterocycles. The van der Waals surface area contributed by atoms with Crippen LogP contribution in [0.1, 0.15) is 31.0 Å². The molecule has 1 aliphatic carbocycles. The second-order valence-corrected chi connectivity index (χ2v) is 4.85. The summed E-state index contributed by atoms with van der Waals surface area (Å²) in [6.07, 6.45) is 5.82. The van der Waals surface area contributed by atoms with Crippen molar-refractivity contribution in [2.24, 2.45) is 5.92 Å². The number of nitrogens with zero attached hydrogens (tertiary/aromatic N) is 3. The van der Waals surface area contributed by atoms with Crippen LogP contribution < -0.4 is 5.32 Å². The Hall–Kier alpha value is -1.68. The van der Waals surface area contributed by atoms with Gasteiger partial charge in [0, 0.05) is 0 Å². The van der Waals surface area contributed by atoms with Gasteiger partial charge in [0.1, 0.15) is 5.69 Å². The number of rotatable bonds is 4. The molecule has 4 nitrogen and oxygen atoms in total. The Bertz CT molecular complexity index is 502. The Morgan fingerprint density at radius 1 is 1.28 bits per heavy atom. The van der Waals surface area contributed by atoms with Crippen molar-refractivity contribution < 1.29 is 0 Å². The van der Waals surface area contributed by atoms with Gasteiger partial charge in [0.05, 0.1) is 17.9 Å². The number of aromatic nitrogens is 3. The van der Waals surface area contributed by atoms with Gasteiger partial charge < -0.3 is 5.32 Å². The van der Waals surface area contributed by atoms with Gasteiger partial charge >= 0.3 is 0 Å². The van der Waals surface area contributed by atoms with Crippen LogP contribution in [0, 0.1) is 5.92 Å². The molecule has 1 unspecified atom stereocenters. The van der Waals surface area contributed by atoms with E-state index in [1.807, 2.05) is 43.6 Å². The van der Waals surface area contributed by atoms with Crippen LogP contribution in [0.2, 0.25) is 0 Å². The Kier molecular flexibility index (Phi) is 3.11. The van der Waals surface area contributed by atoms with Crippen molar-refractivity contribution >= 4 is 0 Å². The predicted molar refractivity (Wildman–Crippen MR) is 70.5 cm³/mol. The van der Waals surface area contributed by atoms with Crippen molar-refractivity contribution in [2.75, 3.05) is 7.05 Å². The van der Waals surface area contributed by atoms with Crippen molar-refractivity contribution in [1.29, 1.82) is 0 Å². The highest BCUT2D eigenvalue weighted by atomic mass is 15.5. The van der Waals surface area contributed by atoms with Crippen LogP contribution in [-0.4, -0.2) is 22.0 Å². The molecule has 1 atom stereocenters. The summed E-state index contributed by atoms with van der Waals surface area (Å²) in [6.45, 7) is 0. The topological polar surface area (TPSA) is 42.7 Å². The summed E-state index contributed by atoms with van der Waals surface area (Å²) in [6, 6.07) is 10.4. The van der Waals surface area contributed by atoms with E-state index in [1.54, 1.807) is 4.80 Å². The molecule has 1 saturated carbocycles. The Balaban J connectivity index is 1.84. The number of benzene rings is 1. The molecule has 1 N–H and O–H groups in total. The lowest BCUT2D eigenvalue weighted by atomic mass is 9.79. The van der Waals surface area contributed by atoms with Crippen molar-refractivity contribution in [3.05, 3.63) is 42.2 Å². The summed E-state index contributed by atoms with van der Waals surface area (Å²) in [5.74, 6) is 0.718. The maximum absolute atomic E-state index is 4.60. The van der Waals surface area contributed by atoms with Crippen molar-refractivity contribution in [1.82, 2.24) is 20.3 Å². The van der Waals surface area contributed by atoms with Gasteiger partial charge in [-0.15, -0.1) is 0 Å². The van der Waals surface area contributed by atoms with Gasteiger partial charge in [-0.3, -0.25) is 0 Å². The first-order valence-corrected chi connectivity index (χ1v) is 6.53. The molecular weight excluding hydrogens is 224 g/mol. The summed E-state index contributed by atoms with van der Waals surface area (Å²) >= 11 is 0. The normalized spacial score (nSPS) is 17.4. The van der Waals surface area contributed by atoms with E-state index in [1.165, 1.54) is 19.3 Å². The summed E-state index contributed by atoms with van der Waals surface area (Å²) < 4.78 is 0. The lowest BCUT2D eigenvalue weighted by molar-refractivity contribution is 0.235. The molecule has 1 aromatic carbocycles. The van der Waals surface area contributed by atoms with E-state index in [2.05, 4.69) is 15.5 Å². The highest BCUT2D eigenvalue weighted by Crippen LogP contribution is 2.36. The minimum atomic E-state index is 0.344. The first kappa shape index (κ1) is 11.4. The number of nitrogens with one attached hydrogen (secondary N) is 1. The van der Waals surface area contributed by atoms with Gasteiger partial charge in [0.25, 0.3) is 0 Å². The van der Waals surface area contributed by atoms with E-state index in [4.69, 9.17) is 0 Å². The molecule has 0 saturated heterocycles. The molecule has 18 heavy (non-hydrogen) atoms. The number of para-hydroxylation sites is 1. The molecule has 2 aromatic rings. The molecule has 1 fully saturated rings. The molecule has 1 heterocycles. The predicted octanol–water partition coefficient (Wildman–Crippen LogP) is 2.33. The van der Waals surface area contributed by atoms with Gasteiger partial charge in [-0.05, 0) is 37.9 Å². The van der Waals surface area contributed by atoms with Crippen LogP contribution >= 0.6 is 0 Å². The maximum atomic E-state index is 4.60. The molecule has 3 rings (SSSR count). The monoisotopic (exact) mass is 242 g/mol. The molecule has 94 valence electrons. The molecule has 1 aliphatic rings. The van der Waals surface area contributed by atoms with Gasteiger partial charge in [0.15, 0.2) is 0 Å². The quantitative estimate of drug-likeness (QED) is 0.894. The van der Waals surface area contributed by atoms with Crippen LogP contribution in [0.15, 0.2) is 36.5 Å². The van der Waals surface area contributed by atoms with E-state index in [0.717, 1.165) is 17.3 Å². The standard InChI is InChI=1S/C14H18N4/c1-15-14(11-6-5-7-11)13-10-16-18(17-13)12-8-3-2-4-9-12/h2-4,8-11,14-15H,5-7H2,1H3. The third-order valence-corrected chi connectivity index (χ3v) is 3.75. The number of hydrogen-bond acceptors (Lipinski definition) is 3. The van der Waals surface area contributed by atoms with E-state index < -0.39 is 0 Å². The fourth-order valence-corrected chi connectivity index (χ4v) is 2.50. The van der Waals surface area contributed by atoms with E-state index >= 15 is 0 Å². The van der Waals surface area contributed by atoms with Crippen LogP contribution in [0.4, 0.5) is 0 Å². The van der Waals surface area contributed by atoms with Crippen LogP contribution in [0.3, 0.4) is 0 Å². The lowest BCUT2D eigenvalue weighted by Gasteiger charge is -2.32. The zero-order valence-corrected chi connectivity index (χ0v) is 10.6. The Morgan fingerprint density at radius 3 is 2.67 bits per heavy atom. The molecule has 0 aliphatic heterocycles. The van der Waals surface area contributed by atoms with Gasteiger partial charge in [-0.2, -0.15) is 15.0 Å². The second-order valence-electron chi connectivity index (χ2n) is 4.85. The third-order valence-electron chi connectivity index (χ3n) is 3.75. The Morgan fingerprint density at radius 2 is 2.06 bits per heavy atom. The molecule has 0 amide bonds. The fourth-order valence-electron chi connectivity index (χ4n) is 2.50. The van der Waals surface area contributed by atoms with Gasteiger partial charge in [0.2, 0.25) is 0 Å². The largest absolute Gasteiger partial charge is 0.311 e. The summed E-state index contributed by atoms with van der Waals surface area (Å²) in [7, 11) is 2.00. The minimum Gasteiger partial charge on any atom is -0.311 e. The zero-order valence-electron chi connectivity index (χ0n) is 10.6. The summed E-state index contributed by atoms with van der Waals surface area (Å²) in [5, 5.41) is 12.3. The van der Waals surface area contributed by atoms with Crippen LogP contribution in [0.5, 0.6) is 0 Å². The smallest absolute Gasteiger partial charge is 0.100 e. The highest BCUT2D eigenvalue weighted by Gasteiger charge is 2.29. The average molecular weight is 242 g/mol. The number of hydrogen-bond donors (Lipinski definition) is 1. The fraction of sp³-hybridized carbons (Fsp3) is 0.429. The van der Waals surface area contributed by atoms with Crippen molar-refractivity contribution in [3.63, 3.8) is 0 Å². The van der Waals surface area contributed by atoms with E-state index in [9.17, 15) is 0 Å². The third kappa shape index (κ3) is 2.04. The van der Waals surface area contributed by atoms with Crippen LogP contribution in [-0.2, 0) is 0 Å². The maximum Gasteiger partial charge on any atom is 0.100 e. The molecule has 0 bridgehead atoms. The first-order valence-electron chi connectivity index (χ1n) is 6.53. The molecular formula is C14H18N4. The average Bonchev–Trinajstić information content (AvgIpc) is 2.84. The van der Waals surface area contributed by atoms with Gasteiger partial charge in [-0.25, -0.2) is 0 Å². The lowest BCUT2D eigenvalue weighted by Crippen LogP contribution is -2.30. The summed E-state index contributed by atoms with van der Waals surface area (Å²) in [4.78, 5) is 1.71.